The van der Waals surface area contributed by atoms with Gasteiger partial charge in [0.25, 0.3) is 0 Å². The number of nitrogens with one attached hydrogen (secondary N) is 2. The van der Waals surface area contributed by atoms with E-state index in [9.17, 15) is 4.79 Å². The van der Waals surface area contributed by atoms with Gasteiger partial charge in [-0.2, -0.15) is 0 Å². The first-order valence-electron chi connectivity index (χ1n) is 7.55. The molecule has 0 fully saturated rings. The zero-order valence-electron chi connectivity index (χ0n) is 13.1. The Morgan fingerprint density at radius 2 is 1.75 bits per heavy atom. The Hall–Kier alpha value is -1.35. The second-order valence-electron chi connectivity index (χ2n) is 5.94. The van der Waals surface area contributed by atoms with Crippen LogP contribution in [-0.2, 0) is 4.79 Å². The highest BCUT2D eigenvalue weighted by Gasteiger charge is 2.15. The van der Waals surface area contributed by atoms with E-state index in [-0.39, 0.29) is 11.9 Å². The average molecular weight is 276 g/mol. The lowest BCUT2D eigenvalue weighted by molar-refractivity contribution is -0.121. The van der Waals surface area contributed by atoms with Gasteiger partial charge in [0.15, 0.2) is 0 Å². The van der Waals surface area contributed by atoms with Crippen LogP contribution in [0.1, 0.15) is 45.6 Å². The molecule has 0 aliphatic rings. The molecular weight excluding hydrogens is 248 g/mol. The molecule has 0 heterocycles. The minimum Gasteiger partial charge on any atom is -0.354 e. The normalized spacial score (nSPS) is 12.7. The van der Waals surface area contributed by atoms with E-state index in [1.807, 2.05) is 19.9 Å². The molecule has 3 heteroatoms. The number of benzene rings is 1. The molecule has 2 N–H and O–H groups in total. The van der Waals surface area contributed by atoms with Crippen LogP contribution >= 0.6 is 0 Å². The van der Waals surface area contributed by atoms with Crippen LogP contribution in [0.5, 0.6) is 0 Å². The van der Waals surface area contributed by atoms with E-state index in [1.165, 1.54) is 5.56 Å². The Bertz CT molecular complexity index is 387. The van der Waals surface area contributed by atoms with E-state index in [0.29, 0.717) is 18.3 Å². The minimum atomic E-state index is 0.119. The molecule has 1 amide bonds. The van der Waals surface area contributed by atoms with Gasteiger partial charge in [-0.1, -0.05) is 44.2 Å². The van der Waals surface area contributed by atoms with Crippen LogP contribution < -0.4 is 10.6 Å². The average Bonchev–Trinajstić information content (AvgIpc) is 2.38. The van der Waals surface area contributed by atoms with E-state index in [1.54, 1.807) is 0 Å². The van der Waals surface area contributed by atoms with Gasteiger partial charge in [0.2, 0.25) is 5.91 Å². The second kappa shape index (κ2) is 8.75. The first-order chi connectivity index (χ1) is 9.50. The van der Waals surface area contributed by atoms with Crippen molar-refractivity contribution in [3.63, 3.8) is 0 Å². The van der Waals surface area contributed by atoms with Crippen molar-refractivity contribution < 1.29 is 4.79 Å². The van der Waals surface area contributed by atoms with Crippen LogP contribution in [0, 0.1) is 5.92 Å². The third-order valence-electron chi connectivity index (χ3n) is 3.38. The van der Waals surface area contributed by atoms with Crippen molar-refractivity contribution in [1.82, 2.24) is 10.6 Å². The fourth-order valence-electron chi connectivity index (χ4n) is 2.29. The number of amides is 1. The highest BCUT2D eigenvalue weighted by Crippen LogP contribution is 2.23. The molecule has 1 aromatic carbocycles. The van der Waals surface area contributed by atoms with E-state index >= 15 is 0 Å². The summed E-state index contributed by atoms with van der Waals surface area (Å²) in [5.41, 5.74) is 1.36. The van der Waals surface area contributed by atoms with Crippen LogP contribution in [0.15, 0.2) is 30.3 Å². The number of hydrogen-bond acceptors (Lipinski definition) is 2. The lowest BCUT2D eigenvalue weighted by Crippen LogP contribution is -2.33. The van der Waals surface area contributed by atoms with E-state index in [2.05, 4.69) is 48.7 Å². The Kier molecular flexibility index (Phi) is 7.31. The molecule has 0 saturated heterocycles. The van der Waals surface area contributed by atoms with Gasteiger partial charge in [-0.05, 0) is 31.2 Å². The molecule has 0 bridgehead atoms. The largest absolute Gasteiger partial charge is 0.354 e. The highest BCUT2D eigenvalue weighted by atomic mass is 16.1. The van der Waals surface area contributed by atoms with Crippen molar-refractivity contribution in [2.24, 2.45) is 5.92 Å². The summed E-state index contributed by atoms with van der Waals surface area (Å²) in [6.45, 7) is 10.1. The third-order valence-corrected chi connectivity index (χ3v) is 3.38. The Labute approximate surface area is 123 Å². The van der Waals surface area contributed by atoms with Crippen molar-refractivity contribution >= 4 is 5.91 Å². The van der Waals surface area contributed by atoms with Crippen molar-refractivity contribution in [3.05, 3.63) is 35.9 Å². The first kappa shape index (κ1) is 16.7. The number of carbonyl (C=O) groups excluding carboxylic acids is 1. The van der Waals surface area contributed by atoms with Crippen LogP contribution in [0.4, 0.5) is 0 Å². The topological polar surface area (TPSA) is 41.1 Å². The van der Waals surface area contributed by atoms with Crippen molar-refractivity contribution in [2.45, 2.75) is 46.1 Å². The van der Waals surface area contributed by atoms with Crippen LogP contribution in [-0.4, -0.2) is 25.0 Å². The molecule has 1 unspecified atom stereocenters. The molecular formula is C17H28N2O. The van der Waals surface area contributed by atoms with Gasteiger partial charge in [-0.15, -0.1) is 0 Å². The SMILES string of the molecule is CC(C)NC(=O)CCNCC(c1ccccc1)C(C)C. The fraction of sp³-hybridized carbons (Fsp3) is 0.588. The lowest BCUT2D eigenvalue weighted by Gasteiger charge is -2.22. The molecule has 0 aliphatic heterocycles. The van der Waals surface area contributed by atoms with Gasteiger partial charge in [-0.25, -0.2) is 0 Å². The quantitative estimate of drug-likeness (QED) is 0.717. The molecule has 1 rings (SSSR count). The fourth-order valence-corrected chi connectivity index (χ4v) is 2.29. The number of carbonyl (C=O) groups is 1. The van der Waals surface area contributed by atoms with Gasteiger partial charge >= 0.3 is 0 Å². The summed E-state index contributed by atoms with van der Waals surface area (Å²) in [5, 5.41) is 6.32. The summed E-state index contributed by atoms with van der Waals surface area (Å²) in [6, 6.07) is 10.8. The smallest absolute Gasteiger partial charge is 0.221 e. The van der Waals surface area contributed by atoms with Crippen LogP contribution in [0.3, 0.4) is 0 Å². The van der Waals surface area contributed by atoms with Gasteiger partial charge < -0.3 is 10.6 Å². The van der Waals surface area contributed by atoms with Crippen LogP contribution in [0.25, 0.3) is 0 Å². The minimum absolute atomic E-state index is 0.119. The number of hydrogen-bond donors (Lipinski definition) is 2. The Morgan fingerprint density at radius 1 is 1.10 bits per heavy atom. The highest BCUT2D eigenvalue weighted by molar-refractivity contribution is 5.76. The van der Waals surface area contributed by atoms with E-state index in [4.69, 9.17) is 0 Å². The van der Waals surface area contributed by atoms with Gasteiger partial charge in [-0.3, -0.25) is 4.79 Å². The zero-order chi connectivity index (χ0) is 15.0. The van der Waals surface area contributed by atoms with Crippen molar-refractivity contribution in [1.29, 1.82) is 0 Å². The van der Waals surface area contributed by atoms with E-state index < -0.39 is 0 Å². The Balaban J connectivity index is 2.36. The molecule has 0 aliphatic carbocycles. The Morgan fingerprint density at radius 3 is 2.30 bits per heavy atom. The first-order valence-corrected chi connectivity index (χ1v) is 7.55. The second-order valence-corrected chi connectivity index (χ2v) is 5.94. The molecule has 20 heavy (non-hydrogen) atoms. The predicted molar refractivity (Wildman–Crippen MR) is 84.8 cm³/mol. The molecule has 0 radical (unpaired) electrons. The number of rotatable bonds is 8. The molecule has 112 valence electrons. The summed E-state index contributed by atoms with van der Waals surface area (Å²) in [4.78, 5) is 11.6. The molecule has 1 atom stereocenters. The maximum absolute atomic E-state index is 11.6. The molecule has 1 aromatic rings. The maximum Gasteiger partial charge on any atom is 0.221 e. The molecule has 0 saturated carbocycles. The standard InChI is InChI=1S/C17H28N2O/c1-13(2)16(15-8-6-5-7-9-15)12-18-11-10-17(20)19-14(3)4/h5-9,13-14,16,18H,10-12H2,1-4H3,(H,19,20). The monoisotopic (exact) mass is 276 g/mol. The van der Waals surface area contributed by atoms with Crippen LogP contribution in [0.2, 0.25) is 0 Å². The summed E-state index contributed by atoms with van der Waals surface area (Å²) < 4.78 is 0. The molecule has 0 spiro atoms. The summed E-state index contributed by atoms with van der Waals surface area (Å²) in [5.74, 6) is 1.19. The maximum atomic E-state index is 11.6. The summed E-state index contributed by atoms with van der Waals surface area (Å²) in [7, 11) is 0. The van der Waals surface area contributed by atoms with Crippen molar-refractivity contribution in [2.75, 3.05) is 13.1 Å². The third kappa shape index (κ3) is 6.20. The van der Waals surface area contributed by atoms with Crippen molar-refractivity contribution in [3.8, 4) is 0 Å². The van der Waals surface area contributed by atoms with E-state index in [0.717, 1.165) is 13.1 Å². The predicted octanol–water partition coefficient (Wildman–Crippen LogP) is 2.93. The molecule has 0 aromatic heterocycles. The van der Waals surface area contributed by atoms with Gasteiger partial charge in [0.05, 0.1) is 0 Å². The lowest BCUT2D eigenvalue weighted by atomic mass is 9.88. The summed E-state index contributed by atoms with van der Waals surface area (Å²) in [6.07, 6.45) is 0.539. The molecule has 3 nitrogen and oxygen atoms in total. The zero-order valence-corrected chi connectivity index (χ0v) is 13.1. The summed E-state index contributed by atoms with van der Waals surface area (Å²) >= 11 is 0. The van der Waals surface area contributed by atoms with Gasteiger partial charge in [0, 0.05) is 25.6 Å². The van der Waals surface area contributed by atoms with Gasteiger partial charge in [0.1, 0.15) is 0 Å².